The molecule has 0 saturated carbocycles. The van der Waals surface area contributed by atoms with Gasteiger partial charge in [0.1, 0.15) is 17.5 Å². The van der Waals surface area contributed by atoms with E-state index in [2.05, 4.69) is 15.6 Å². The Bertz CT molecular complexity index is 1410. The maximum Gasteiger partial charge on any atom is 0.272 e. The van der Waals surface area contributed by atoms with E-state index in [0.29, 0.717) is 46.1 Å². The Balaban J connectivity index is 1.39. The van der Waals surface area contributed by atoms with Gasteiger partial charge in [-0.2, -0.15) is 0 Å². The van der Waals surface area contributed by atoms with Crippen molar-refractivity contribution in [3.05, 3.63) is 57.7 Å². The van der Waals surface area contributed by atoms with Gasteiger partial charge in [-0.1, -0.05) is 18.5 Å². The van der Waals surface area contributed by atoms with Crippen molar-refractivity contribution in [1.82, 2.24) is 15.2 Å². The minimum atomic E-state index is -0.687. The number of hydrogen-bond donors (Lipinski definition) is 3. The number of anilines is 1. The number of rotatable bonds is 5. The van der Waals surface area contributed by atoms with Crippen molar-refractivity contribution in [2.45, 2.75) is 38.8 Å². The number of nitrogens with one attached hydrogen (secondary N) is 3. The van der Waals surface area contributed by atoms with Crippen LogP contribution >= 0.6 is 11.6 Å². The van der Waals surface area contributed by atoms with Crippen LogP contribution in [0.25, 0.3) is 10.9 Å². The fourth-order valence-corrected chi connectivity index (χ4v) is 5.06. The number of amides is 4. The molecule has 1 fully saturated rings. The van der Waals surface area contributed by atoms with Gasteiger partial charge in [-0.05, 0) is 48.2 Å². The van der Waals surface area contributed by atoms with Gasteiger partial charge in [0, 0.05) is 35.7 Å². The van der Waals surface area contributed by atoms with Crippen molar-refractivity contribution in [3.63, 3.8) is 0 Å². The lowest BCUT2D eigenvalue weighted by atomic mass is 10.0. The predicted molar refractivity (Wildman–Crippen MR) is 130 cm³/mol. The molecule has 4 amide bonds. The first-order valence-corrected chi connectivity index (χ1v) is 11.7. The molecule has 1 unspecified atom stereocenters. The SMILES string of the molecule is CCc1c(C(=O)Nc2ccc3c(c2)CN(C2CCC(=O)NC2=O)C3=O)[nH]c2cc(OC)c(Cl)cc12. The third-order valence-electron chi connectivity index (χ3n) is 6.54. The second-order valence-electron chi connectivity index (χ2n) is 8.59. The van der Waals surface area contributed by atoms with Crippen LogP contribution < -0.4 is 15.4 Å². The van der Waals surface area contributed by atoms with Gasteiger partial charge >= 0.3 is 0 Å². The van der Waals surface area contributed by atoms with E-state index in [1.54, 1.807) is 30.3 Å². The summed E-state index contributed by atoms with van der Waals surface area (Å²) in [7, 11) is 1.53. The number of piperidine rings is 1. The van der Waals surface area contributed by atoms with Crippen molar-refractivity contribution in [3.8, 4) is 5.75 Å². The van der Waals surface area contributed by atoms with E-state index in [-0.39, 0.29) is 30.7 Å². The normalized spacial score (nSPS) is 17.5. The van der Waals surface area contributed by atoms with Crippen LogP contribution in [0.5, 0.6) is 5.75 Å². The lowest BCUT2D eigenvalue weighted by Crippen LogP contribution is -2.52. The number of fused-ring (bicyclic) bond motifs is 2. The van der Waals surface area contributed by atoms with Gasteiger partial charge in [0.2, 0.25) is 11.8 Å². The summed E-state index contributed by atoms with van der Waals surface area (Å²) in [6.45, 7) is 2.19. The molecule has 5 rings (SSSR count). The summed E-state index contributed by atoms with van der Waals surface area (Å²) < 4.78 is 5.28. The van der Waals surface area contributed by atoms with Gasteiger partial charge in [-0.25, -0.2) is 0 Å². The zero-order chi connectivity index (χ0) is 24.9. The quantitative estimate of drug-likeness (QED) is 0.469. The molecule has 180 valence electrons. The number of carbonyl (C=O) groups excluding carboxylic acids is 4. The number of H-pyrrole nitrogens is 1. The summed E-state index contributed by atoms with van der Waals surface area (Å²) in [5.41, 5.74) is 3.72. The smallest absolute Gasteiger partial charge is 0.272 e. The molecule has 1 atom stereocenters. The third-order valence-corrected chi connectivity index (χ3v) is 6.84. The number of halogens is 1. The van der Waals surface area contributed by atoms with Crippen LogP contribution in [0.4, 0.5) is 5.69 Å². The van der Waals surface area contributed by atoms with Gasteiger partial charge in [0.15, 0.2) is 0 Å². The summed E-state index contributed by atoms with van der Waals surface area (Å²) in [6.07, 6.45) is 1.10. The van der Waals surface area contributed by atoms with Crippen LogP contribution in [0, 0.1) is 0 Å². The van der Waals surface area contributed by atoms with Crippen molar-refractivity contribution in [1.29, 1.82) is 0 Å². The molecule has 2 aromatic carbocycles. The minimum absolute atomic E-state index is 0.194. The molecule has 0 bridgehead atoms. The van der Waals surface area contributed by atoms with E-state index in [4.69, 9.17) is 16.3 Å². The highest BCUT2D eigenvalue weighted by Crippen LogP contribution is 2.34. The average molecular weight is 495 g/mol. The first-order valence-electron chi connectivity index (χ1n) is 11.3. The zero-order valence-corrected chi connectivity index (χ0v) is 19.9. The second-order valence-corrected chi connectivity index (χ2v) is 9.00. The standard InChI is InChI=1S/C25H23ClN4O5/c1-3-14-16-9-17(26)20(35-2)10-18(16)28-22(14)24(33)27-13-4-5-15-12(8-13)11-30(25(15)34)19-6-7-21(31)29-23(19)32/h4-5,8-10,19,28H,3,6-7,11H2,1-2H3,(H,27,33)(H,29,31,32). The van der Waals surface area contributed by atoms with E-state index >= 15 is 0 Å². The molecule has 3 heterocycles. The van der Waals surface area contributed by atoms with E-state index in [9.17, 15) is 19.2 Å². The Morgan fingerprint density at radius 3 is 2.74 bits per heavy atom. The number of hydrogen-bond acceptors (Lipinski definition) is 5. The van der Waals surface area contributed by atoms with Crippen LogP contribution in [-0.2, 0) is 22.6 Å². The number of benzene rings is 2. The highest BCUT2D eigenvalue weighted by molar-refractivity contribution is 6.33. The minimum Gasteiger partial charge on any atom is -0.495 e. The van der Waals surface area contributed by atoms with Crippen LogP contribution in [-0.4, -0.2) is 46.7 Å². The van der Waals surface area contributed by atoms with Crippen molar-refractivity contribution in [2.24, 2.45) is 0 Å². The van der Waals surface area contributed by atoms with E-state index in [1.807, 2.05) is 6.92 Å². The Kier molecular flexibility index (Phi) is 5.72. The molecule has 0 aliphatic carbocycles. The first kappa shape index (κ1) is 22.9. The maximum absolute atomic E-state index is 13.2. The number of imide groups is 1. The summed E-state index contributed by atoms with van der Waals surface area (Å²) in [6, 6.07) is 7.91. The summed E-state index contributed by atoms with van der Waals surface area (Å²) in [5, 5.41) is 6.51. The molecule has 1 saturated heterocycles. The molecule has 2 aliphatic heterocycles. The Morgan fingerprint density at radius 2 is 2.03 bits per heavy atom. The van der Waals surface area contributed by atoms with E-state index in [0.717, 1.165) is 16.5 Å². The summed E-state index contributed by atoms with van der Waals surface area (Å²) in [5.74, 6) is -0.858. The van der Waals surface area contributed by atoms with Crippen molar-refractivity contribution in [2.75, 3.05) is 12.4 Å². The summed E-state index contributed by atoms with van der Waals surface area (Å²) in [4.78, 5) is 54.4. The molecule has 3 N–H and O–H groups in total. The zero-order valence-electron chi connectivity index (χ0n) is 19.2. The molecule has 0 radical (unpaired) electrons. The maximum atomic E-state index is 13.2. The number of methoxy groups -OCH3 is 1. The van der Waals surface area contributed by atoms with Crippen LogP contribution in [0.1, 0.15) is 51.7 Å². The monoisotopic (exact) mass is 494 g/mol. The fraction of sp³-hybridized carbons (Fsp3) is 0.280. The van der Waals surface area contributed by atoms with E-state index in [1.165, 1.54) is 12.0 Å². The van der Waals surface area contributed by atoms with Crippen LogP contribution in [0.3, 0.4) is 0 Å². The summed E-state index contributed by atoms with van der Waals surface area (Å²) >= 11 is 6.29. The number of aromatic nitrogens is 1. The van der Waals surface area contributed by atoms with Crippen LogP contribution in [0.15, 0.2) is 30.3 Å². The molecule has 1 aromatic heterocycles. The van der Waals surface area contributed by atoms with Gasteiger partial charge in [0.25, 0.3) is 11.8 Å². The second kappa shape index (κ2) is 8.74. The molecule has 35 heavy (non-hydrogen) atoms. The van der Waals surface area contributed by atoms with Gasteiger partial charge in [-0.15, -0.1) is 0 Å². The van der Waals surface area contributed by atoms with E-state index < -0.39 is 11.9 Å². The van der Waals surface area contributed by atoms with Crippen molar-refractivity contribution >= 4 is 51.8 Å². The molecule has 9 nitrogen and oxygen atoms in total. The number of ether oxygens (including phenoxy) is 1. The Morgan fingerprint density at radius 1 is 1.23 bits per heavy atom. The molecule has 2 aliphatic rings. The topological polar surface area (TPSA) is 121 Å². The molecular formula is C25H23ClN4O5. The van der Waals surface area contributed by atoms with Crippen molar-refractivity contribution < 1.29 is 23.9 Å². The van der Waals surface area contributed by atoms with Gasteiger partial charge in [0.05, 0.1) is 17.6 Å². The number of carbonyl (C=O) groups is 4. The fourth-order valence-electron chi connectivity index (χ4n) is 4.81. The molecule has 0 spiro atoms. The lowest BCUT2D eigenvalue weighted by molar-refractivity contribution is -0.136. The Labute approximate surface area is 205 Å². The number of aromatic amines is 1. The molecular weight excluding hydrogens is 472 g/mol. The number of aryl methyl sites for hydroxylation is 1. The average Bonchev–Trinajstić information content (AvgIpc) is 3.35. The van der Waals surface area contributed by atoms with Crippen LogP contribution in [0.2, 0.25) is 5.02 Å². The highest BCUT2D eigenvalue weighted by atomic mass is 35.5. The predicted octanol–water partition coefficient (Wildman–Crippen LogP) is 3.41. The Hall–Kier alpha value is -3.85. The third kappa shape index (κ3) is 3.91. The lowest BCUT2D eigenvalue weighted by Gasteiger charge is -2.29. The van der Waals surface area contributed by atoms with Gasteiger partial charge < -0.3 is 19.9 Å². The molecule has 10 heteroatoms. The highest BCUT2D eigenvalue weighted by Gasteiger charge is 2.39. The largest absolute Gasteiger partial charge is 0.495 e. The van der Waals surface area contributed by atoms with Gasteiger partial charge in [-0.3, -0.25) is 24.5 Å². The molecule has 3 aromatic rings. The number of nitrogens with zero attached hydrogens (tertiary/aromatic N) is 1. The first-order chi connectivity index (χ1) is 16.8.